The fourth-order valence-electron chi connectivity index (χ4n) is 3.82. The first kappa shape index (κ1) is 15.6. The molecule has 2 aliphatic rings. The molecule has 0 saturated carbocycles. The molecule has 0 amide bonds. The largest absolute Gasteiger partial charge is 0.293 e. The van der Waals surface area contributed by atoms with Crippen molar-refractivity contribution in [3.05, 3.63) is 69.5 Å². The topological polar surface area (TPSA) is 25.2 Å². The second-order valence-electron chi connectivity index (χ2n) is 6.52. The molecule has 1 aliphatic heterocycles. The summed E-state index contributed by atoms with van der Waals surface area (Å²) in [6.07, 6.45) is 6.97. The monoisotopic (exact) mass is 336 g/mol. The van der Waals surface area contributed by atoms with Gasteiger partial charge in [0.2, 0.25) is 0 Å². The first-order chi connectivity index (χ1) is 11.8. The third-order valence-electron chi connectivity index (χ3n) is 5.06. The molecule has 0 radical (unpaired) electrons. The zero-order valence-corrected chi connectivity index (χ0v) is 14.7. The fraction of sp³-hybridized carbons (Fsp3) is 0.333. The SMILES string of the molecule is CCC1=NCCC(=C2c3ccc(Cl)cc3CCc3cccnc32)C1. The molecule has 1 aromatic carbocycles. The van der Waals surface area contributed by atoms with Crippen molar-refractivity contribution in [3.63, 3.8) is 0 Å². The number of aliphatic imine (C=N–C) groups is 1. The van der Waals surface area contributed by atoms with Crippen molar-refractivity contribution in [1.82, 2.24) is 4.98 Å². The Bertz CT molecular complexity index is 849. The van der Waals surface area contributed by atoms with Crippen LogP contribution in [0.25, 0.3) is 5.57 Å². The van der Waals surface area contributed by atoms with Gasteiger partial charge in [-0.1, -0.05) is 36.2 Å². The average molecular weight is 337 g/mol. The number of benzene rings is 1. The smallest absolute Gasteiger partial charge is 0.0739 e. The minimum Gasteiger partial charge on any atom is -0.293 e. The summed E-state index contributed by atoms with van der Waals surface area (Å²) in [6, 6.07) is 10.6. The van der Waals surface area contributed by atoms with Crippen molar-refractivity contribution < 1.29 is 0 Å². The number of aryl methyl sites for hydroxylation is 2. The van der Waals surface area contributed by atoms with E-state index in [-0.39, 0.29) is 0 Å². The summed E-state index contributed by atoms with van der Waals surface area (Å²) in [7, 11) is 0. The summed E-state index contributed by atoms with van der Waals surface area (Å²) in [4.78, 5) is 9.46. The van der Waals surface area contributed by atoms with Gasteiger partial charge in [-0.2, -0.15) is 0 Å². The second-order valence-corrected chi connectivity index (χ2v) is 6.96. The van der Waals surface area contributed by atoms with E-state index in [1.54, 1.807) is 0 Å². The van der Waals surface area contributed by atoms with E-state index in [1.807, 2.05) is 18.3 Å². The van der Waals surface area contributed by atoms with E-state index in [9.17, 15) is 0 Å². The van der Waals surface area contributed by atoms with Crippen LogP contribution < -0.4 is 0 Å². The Kier molecular flexibility index (Phi) is 4.24. The molecule has 0 fully saturated rings. The molecule has 2 heterocycles. The molecular formula is C21H21ClN2. The lowest BCUT2D eigenvalue weighted by Gasteiger charge is -2.21. The molecule has 1 aromatic heterocycles. The van der Waals surface area contributed by atoms with Crippen molar-refractivity contribution in [1.29, 1.82) is 0 Å². The van der Waals surface area contributed by atoms with Crippen LogP contribution in [-0.2, 0) is 12.8 Å². The van der Waals surface area contributed by atoms with Gasteiger partial charge in [-0.25, -0.2) is 0 Å². The Morgan fingerprint density at radius 3 is 2.83 bits per heavy atom. The molecule has 0 N–H and O–H groups in total. The Balaban J connectivity index is 1.96. The van der Waals surface area contributed by atoms with E-state index in [4.69, 9.17) is 16.6 Å². The lowest BCUT2D eigenvalue weighted by molar-refractivity contribution is 0.873. The van der Waals surface area contributed by atoms with Crippen LogP contribution in [0, 0.1) is 0 Å². The van der Waals surface area contributed by atoms with Crippen molar-refractivity contribution in [2.45, 2.75) is 39.0 Å². The molecule has 2 aromatic rings. The summed E-state index contributed by atoms with van der Waals surface area (Å²) < 4.78 is 0. The summed E-state index contributed by atoms with van der Waals surface area (Å²) in [5, 5.41) is 0.816. The highest BCUT2D eigenvalue weighted by molar-refractivity contribution is 6.30. The molecule has 0 unspecified atom stereocenters. The second kappa shape index (κ2) is 6.52. The van der Waals surface area contributed by atoms with Gasteiger partial charge in [0.25, 0.3) is 0 Å². The van der Waals surface area contributed by atoms with Gasteiger partial charge in [-0.15, -0.1) is 0 Å². The molecule has 0 spiro atoms. The third kappa shape index (κ3) is 2.80. The first-order valence-corrected chi connectivity index (χ1v) is 9.11. The van der Waals surface area contributed by atoms with E-state index in [0.29, 0.717) is 0 Å². The summed E-state index contributed by atoms with van der Waals surface area (Å²) in [5.74, 6) is 0. The number of aromatic nitrogens is 1. The summed E-state index contributed by atoms with van der Waals surface area (Å²) in [6.45, 7) is 3.09. The molecule has 0 atom stereocenters. The minimum absolute atomic E-state index is 0.816. The van der Waals surface area contributed by atoms with Crippen LogP contribution in [-0.4, -0.2) is 17.2 Å². The zero-order chi connectivity index (χ0) is 16.5. The van der Waals surface area contributed by atoms with E-state index in [1.165, 1.54) is 33.5 Å². The van der Waals surface area contributed by atoms with Crippen LogP contribution in [0.1, 0.15) is 48.6 Å². The lowest BCUT2D eigenvalue weighted by Crippen LogP contribution is -2.11. The Labute approximate surface area is 148 Å². The van der Waals surface area contributed by atoms with Gasteiger partial charge in [-0.3, -0.25) is 9.98 Å². The zero-order valence-electron chi connectivity index (χ0n) is 14.0. The lowest BCUT2D eigenvalue weighted by atomic mass is 9.88. The van der Waals surface area contributed by atoms with Gasteiger partial charge in [0.1, 0.15) is 0 Å². The van der Waals surface area contributed by atoms with Crippen LogP contribution in [0.5, 0.6) is 0 Å². The predicted octanol–water partition coefficient (Wildman–Crippen LogP) is 5.28. The molecule has 24 heavy (non-hydrogen) atoms. The maximum absolute atomic E-state index is 6.27. The fourth-order valence-corrected chi connectivity index (χ4v) is 4.02. The van der Waals surface area contributed by atoms with Crippen LogP contribution in [0.2, 0.25) is 5.02 Å². The standard InChI is InChI=1S/C21H21ClN2/c1-2-18-13-16(9-11-23-18)20-19-8-7-17(22)12-15(19)6-5-14-4-3-10-24-21(14)20/h3-4,7-8,10,12H,2,5-6,9,11,13H2,1H3. The molecule has 122 valence electrons. The van der Waals surface area contributed by atoms with Crippen LogP contribution in [0.3, 0.4) is 0 Å². The maximum Gasteiger partial charge on any atom is 0.0739 e. The normalized spacial score (nSPS) is 20.0. The predicted molar refractivity (Wildman–Crippen MR) is 101 cm³/mol. The number of halogens is 1. The highest BCUT2D eigenvalue weighted by Crippen LogP contribution is 2.38. The minimum atomic E-state index is 0.816. The van der Waals surface area contributed by atoms with Crippen LogP contribution in [0.15, 0.2) is 47.1 Å². The van der Waals surface area contributed by atoms with Gasteiger partial charge in [-0.05, 0) is 60.6 Å². The van der Waals surface area contributed by atoms with Gasteiger partial charge in [0.05, 0.1) is 5.69 Å². The third-order valence-corrected chi connectivity index (χ3v) is 5.29. The summed E-state index contributed by atoms with van der Waals surface area (Å²) in [5.41, 5.74) is 9.26. The number of rotatable bonds is 1. The molecule has 0 bridgehead atoms. The maximum atomic E-state index is 6.27. The van der Waals surface area contributed by atoms with Crippen molar-refractivity contribution in [3.8, 4) is 0 Å². The van der Waals surface area contributed by atoms with Gasteiger partial charge in [0, 0.05) is 35.5 Å². The number of hydrogen-bond acceptors (Lipinski definition) is 2. The molecule has 2 nitrogen and oxygen atoms in total. The van der Waals surface area contributed by atoms with Crippen LogP contribution in [0.4, 0.5) is 0 Å². The average Bonchev–Trinajstić information content (AvgIpc) is 2.78. The Morgan fingerprint density at radius 2 is 1.96 bits per heavy atom. The highest BCUT2D eigenvalue weighted by Gasteiger charge is 2.24. The van der Waals surface area contributed by atoms with E-state index in [0.717, 1.165) is 49.4 Å². The number of fused-ring (bicyclic) bond motifs is 2. The van der Waals surface area contributed by atoms with Crippen molar-refractivity contribution >= 4 is 22.9 Å². The molecule has 4 rings (SSSR count). The van der Waals surface area contributed by atoms with Gasteiger partial charge in [0.15, 0.2) is 0 Å². The van der Waals surface area contributed by atoms with Gasteiger partial charge < -0.3 is 0 Å². The van der Waals surface area contributed by atoms with Crippen molar-refractivity contribution in [2.75, 3.05) is 6.54 Å². The van der Waals surface area contributed by atoms with Crippen molar-refractivity contribution in [2.24, 2.45) is 4.99 Å². The molecular weight excluding hydrogens is 316 g/mol. The highest BCUT2D eigenvalue weighted by atomic mass is 35.5. The number of pyridine rings is 1. The quantitative estimate of drug-likeness (QED) is 0.695. The molecule has 3 heteroatoms. The summed E-state index contributed by atoms with van der Waals surface area (Å²) >= 11 is 6.27. The van der Waals surface area contributed by atoms with Crippen LogP contribution >= 0.6 is 11.6 Å². The van der Waals surface area contributed by atoms with E-state index >= 15 is 0 Å². The Morgan fingerprint density at radius 1 is 1.08 bits per heavy atom. The van der Waals surface area contributed by atoms with E-state index in [2.05, 4.69) is 30.1 Å². The number of hydrogen-bond donors (Lipinski definition) is 0. The first-order valence-electron chi connectivity index (χ1n) is 8.73. The molecule has 0 saturated heterocycles. The van der Waals surface area contributed by atoms with E-state index < -0.39 is 0 Å². The molecule has 1 aliphatic carbocycles. The Hall–Kier alpha value is -1.93. The van der Waals surface area contributed by atoms with Gasteiger partial charge >= 0.3 is 0 Å². The number of nitrogens with zero attached hydrogens (tertiary/aromatic N) is 2.